The molecule has 1 unspecified atom stereocenters. The largest absolute Gasteiger partial charge is 0.469 e. The topological polar surface area (TPSA) is 25.2 Å². The number of furan rings is 1. The lowest BCUT2D eigenvalue weighted by atomic mass is 10.0. The highest BCUT2D eigenvalue weighted by atomic mass is 16.3. The van der Waals surface area contributed by atoms with Crippen molar-refractivity contribution in [3.8, 4) is 0 Å². The van der Waals surface area contributed by atoms with Gasteiger partial charge in [-0.2, -0.15) is 0 Å². The fraction of sp³-hybridized carbons (Fsp3) is 0.375. The van der Waals surface area contributed by atoms with E-state index in [1.807, 2.05) is 19.2 Å². The quantitative estimate of drug-likeness (QED) is 0.841. The van der Waals surface area contributed by atoms with E-state index >= 15 is 0 Å². The van der Waals surface area contributed by atoms with Gasteiger partial charge >= 0.3 is 0 Å². The highest BCUT2D eigenvalue weighted by molar-refractivity contribution is 5.22. The van der Waals surface area contributed by atoms with Gasteiger partial charge in [0.25, 0.3) is 0 Å². The number of likely N-dealkylation sites (N-methyl/N-ethyl adjacent to an activating group) is 1. The fourth-order valence-corrected chi connectivity index (χ4v) is 2.23. The van der Waals surface area contributed by atoms with Gasteiger partial charge < -0.3 is 9.73 Å². The molecule has 0 saturated carbocycles. The van der Waals surface area contributed by atoms with E-state index in [1.165, 1.54) is 11.1 Å². The van der Waals surface area contributed by atoms with Crippen LogP contribution in [0.15, 0.2) is 47.1 Å². The predicted molar refractivity (Wildman–Crippen MR) is 74.8 cm³/mol. The zero-order valence-corrected chi connectivity index (χ0v) is 11.1. The summed E-state index contributed by atoms with van der Waals surface area (Å²) in [5.74, 6) is 1.05. The van der Waals surface area contributed by atoms with E-state index in [0.717, 1.165) is 25.0 Å². The van der Waals surface area contributed by atoms with E-state index < -0.39 is 0 Å². The van der Waals surface area contributed by atoms with E-state index in [9.17, 15) is 0 Å². The second-order valence-corrected chi connectivity index (χ2v) is 4.80. The number of rotatable bonds is 6. The van der Waals surface area contributed by atoms with Gasteiger partial charge in [-0.25, -0.2) is 0 Å². The Morgan fingerprint density at radius 1 is 1.22 bits per heavy atom. The van der Waals surface area contributed by atoms with Crippen LogP contribution in [0.25, 0.3) is 0 Å². The Morgan fingerprint density at radius 3 is 2.78 bits per heavy atom. The molecule has 18 heavy (non-hydrogen) atoms. The first-order chi connectivity index (χ1) is 8.78. The average Bonchev–Trinajstić information content (AvgIpc) is 2.87. The Labute approximate surface area is 109 Å². The van der Waals surface area contributed by atoms with Crippen molar-refractivity contribution in [3.63, 3.8) is 0 Å². The molecule has 0 aliphatic carbocycles. The van der Waals surface area contributed by atoms with E-state index in [4.69, 9.17) is 4.42 Å². The molecule has 2 nitrogen and oxygen atoms in total. The van der Waals surface area contributed by atoms with Crippen molar-refractivity contribution in [2.24, 2.45) is 0 Å². The van der Waals surface area contributed by atoms with Crippen LogP contribution >= 0.6 is 0 Å². The highest BCUT2D eigenvalue weighted by Crippen LogP contribution is 2.11. The molecule has 1 aromatic carbocycles. The van der Waals surface area contributed by atoms with Gasteiger partial charge in [0.2, 0.25) is 0 Å². The van der Waals surface area contributed by atoms with Gasteiger partial charge in [-0.05, 0) is 44.5 Å². The van der Waals surface area contributed by atoms with Crippen LogP contribution in [0.1, 0.15) is 23.3 Å². The van der Waals surface area contributed by atoms with E-state index in [1.54, 1.807) is 6.26 Å². The third-order valence-corrected chi connectivity index (χ3v) is 3.30. The smallest absolute Gasteiger partial charge is 0.105 e. The van der Waals surface area contributed by atoms with Gasteiger partial charge in [0.1, 0.15) is 5.76 Å². The first-order valence-electron chi connectivity index (χ1n) is 6.53. The molecule has 0 aliphatic heterocycles. The van der Waals surface area contributed by atoms with Crippen molar-refractivity contribution >= 4 is 0 Å². The van der Waals surface area contributed by atoms with Gasteiger partial charge in [0.15, 0.2) is 0 Å². The molecule has 0 fully saturated rings. The summed E-state index contributed by atoms with van der Waals surface area (Å²) < 4.78 is 5.40. The first kappa shape index (κ1) is 12.9. The molecule has 2 heteroatoms. The van der Waals surface area contributed by atoms with Gasteiger partial charge in [0.05, 0.1) is 6.26 Å². The summed E-state index contributed by atoms with van der Waals surface area (Å²) in [5.41, 5.74) is 2.74. The summed E-state index contributed by atoms with van der Waals surface area (Å²) in [4.78, 5) is 0. The second kappa shape index (κ2) is 6.41. The summed E-state index contributed by atoms with van der Waals surface area (Å²) in [7, 11) is 2.02. The molecule has 1 atom stereocenters. The first-order valence-corrected chi connectivity index (χ1v) is 6.53. The molecule has 1 heterocycles. The average molecular weight is 243 g/mol. The minimum absolute atomic E-state index is 0.469. The van der Waals surface area contributed by atoms with Crippen LogP contribution in [-0.2, 0) is 12.8 Å². The number of benzene rings is 1. The van der Waals surface area contributed by atoms with Crippen molar-refractivity contribution in [3.05, 3.63) is 59.5 Å². The van der Waals surface area contributed by atoms with Crippen LogP contribution in [0, 0.1) is 6.92 Å². The predicted octanol–water partition coefficient (Wildman–Crippen LogP) is 3.35. The molecule has 1 aromatic heterocycles. The molecule has 1 N–H and O–H groups in total. The summed E-state index contributed by atoms with van der Waals surface area (Å²) in [6, 6.07) is 13.2. The Morgan fingerprint density at radius 2 is 2.11 bits per heavy atom. The standard InChI is InChI=1S/C16H21NO/c1-13-5-3-6-14(11-13)8-9-15(17-2)12-16-7-4-10-18-16/h3-7,10-11,15,17H,8-9,12H2,1-2H3. The van der Waals surface area contributed by atoms with E-state index in [2.05, 4.69) is 36.5 Å². The SMILES string of the molecule is CNC(CCc1cccc(C)c1)Cc1ccco1. The fourth-order valence-electron chi connectivity index (χ4n) is 2.23. The number of aryl methyl sites for hydroxylation is 2. The van der Waals surface area contributed by atoms with Crippen molar-refractivity contribution in [1.82, 2.24) is 5.32 Å². The molecule has 2 aromatic rings. The minimum atomic E-state index is 0.469. The molecular formula is C16H21NO. The molecule has 0 aliphatic rings. The van der Waals surface area contributed by atoms with Gasteiger partial charge in [-0.3, -0.25) is 0 Å². The van der Waals surface area contributed by atoms with Crippen LogP contribution in [0.5, 0.6) is 0 Å². The Balaban J connectivity index is 1.87. The number of hydrogen-bond donors (Lipinski definition) is 1. The molecule has 96 valence electrons. The Bertz CT molecular complexity index is 462. The lowest BCUT2D eigenvalue weighted by Gasteiger charge is -2.14. The zero-order valence-electron chi connectivity index (χ0n) is 11.1. The summed E-state index contributed by atoms with van der Waals surface area (Å²) in [5, 5.41) is 3.37. The second-order valence-electron chi connectivity index (χ2n) is 4.80. The maximum atomic E-state index is 5.40. The van der Waals surface area contributed by atoms with E-state index in [-0.39, 0.29) is 0 Å². The maximum absolute atomic E-state index is 5.40. The zero-order chi connectivity index (χ0) is 12.8. The van der Waals surface area contributed by atoms with Crippen molar-refractivity contribution in [1.29, 1.82) is 0 Å². The van der Waals surface area contributed by atoms with Crippen LogP contribution in [0.4, 0.5) is 0 Å². The highest BCUT2D eigenvalue weighted by Gasteiger charge is 2.09. The monoisotopic (exact) mass is 243 g/mol. The molecule has 2 rings (SSSR count). The van der Waals surface area contributed by atoms with Gasteiger partial charge in [0, 0.05) is 12.5 Å². The van der Waals surface area contributed by atoms with E-state index in [0.29, 0.717) is 6.04 Å². The number of hydrogen-bond acceptors (Lipinski definition) is 2. The third-order valence-electron chi connectivity index (χ3n) is 3.30. The van der Waals surface area contributed by atoms with Crippen LogP contribution in [-0.4, -0.2) is 13.1 Å². The third kappa shape index (κ3) is 3.74. The summed E-state index contributed by atoms with van der Waals surface area (Å²) >= 11 is 0. The minimum Gasteiger partial charge on any atom is -0.469 e. The molecule has 0 amide bonds. The lowest BCUT2D eigenvalue weighted by Crippen LogP contribution is -2.28. The summed E-state index contributed by atoms with van der Waals surface area (Å²) in [6.45, 7) is 2.14. The van der Waals surface area contributed by atoms with Crippen molar-refractivity contribution < 1.29 is 4.42 Å². The normalized spacial score (nSPS) is 12.6. The molecular weight excluding hydrogens is 222 g/mol. The molecule has 0 spiro atoms. The lowest BCUT2D eigenvalue weighted by molar-refractivity contribution is 0.443. The molecule has 0 saturated heterocycles. The van der Waals surface area contributed by atoms with Gasteiger partial charge in [-0.15, -0.1) is 0 Å². The molecule has 0 radical (unpaired) electrons. The van der Waals surface area contributed by atoms with Crippen LogP contribution < -0.4 is 5.32 Å². The Hall–Kier alpha value is -1.54. The maximum Gasteiger partial charge on any atom is 0.105 e. The van der Waals surface area contributed by atoms with Gasteiger partial charge in [-0.1, -0.05) is 29.8 Å². The van der Waals surface area contributed by atoms with Crippen LogP contribution in [0.3, 0.4) is 0 Å². The van der Waals surface area contributed by atoms with Crippen molar-refractivity contribution in [2.75, 3.05) is 7.05 Å². The Kier molecular flexibility index (Phi) is 4.59. The van der Waals surface area contributed by atoms with Crippen LogP contribution in [0.2, 0.25) is 0 Å². The number of nitrogens with one attached hydrogen (secondary N) is 1. The van der Waals surface area contributed by atoms with Crippen molar-refractivity contribution in [2.45, 2.75) is 32.2 Å². The molecule has 0 bridgehead atoms. The summed E-state index contributed by atoms with van der Waals surface area (Å²) in [6.07, 6.45) is 4.92.